The Morgan fingerprint density at radius 2 is 0.573 bits per heavy atom. The molecule has 48 heteroatoms. The molecule has 5 aliphatic heterocycles. The van der Waals surface area contributed by atoms with Crippen molar-refractivity contribution in [3.63, 3.8) is 0 Å². The van der Waals surface area contributed by atoms with Gasteiger partial charge < -0.3 is 65.1 Å². The molecule has 1 unspecified atom stereocenters. The number of rotatable bonds is 18. The Kier molecular flexibility index (Phi) is 28.4. The number of carbonyl (C=O) groups excluding carboxylic acids is 5. The van der Waals surface area contributed by atoms with Gasteiger partial charge in [0.05, 0.1) is 76.4 Å². The van der Waals surface area contributed by atoms with E-state index < -0.39 is 80.3 Å². The molecule has 150 heavy (non-hydrogen) atoms. The Bertz CT molecular complexity index is 7430. The predicted molar refractivity (Wildman–Crippen MR) is 550 cm³/mol. The van der Waals surface area contributed by atoms with Gasteiger partial charge in [-0.05, 0) is 336 Å². The predicted octanol–water partition coefficient (Wildman–Crippen LogP) is 10.5. The van der Waals surface area contributed by atoms with Crippen LogP contribution in [-0.2, 0) is 221 Å². The molecule has 0 bridgehead atoms. The highest BCUT2D eigenvalue weighted by molar-refractivity contribution is 7.91. The zero-order chi connectivity index (χ0) is 105. The molecule has 10 heterocycles. The topological polar surface area (TPSA) is 542 Å². The molecular formula is C102H125N21O22S5. The first-order valence-electron chi connectivity index (χ1n) is 51.7. The van der Waals surface area contributed by atoms with E-state index in [-0.39, 0.29) is 90.8 Å². The fourth-order valence-corrected chi connectivity index (χ4v) is 29.1. The van der Waals surface area contributed by atoms with Gasteiger partial charge in [0.2, 0.25) is 29.4 Å². The van der Waals surface area contributed by atoms with Crippen LogP contribution in [-0.4, -0.2) is 194 Å². The van der Waals surface area contributed by atoms with Crippen LogP contribution >= 0.6 is 0 Å². The van der Waals surface area contributed by atoms with Crippen molar-refractivity contribution in [2.45, 2.75) is 302 Å². The van der Waals surface area contributed by atoms with Crippen molar-refractivity contribution in [3.8, 4) is 29.4 Å². The van der Waals surface area contributed by atoms with E-state index in [1.165, 1.54) is 121 Å². The van der Waals surface area contributed by atoms with Gasteiger partial charge >= 0.3 is 30.2 Å². The van der Waals surface area contributed by atoms with E-state index in [0.29, 0.717) is 52.5 Å². The highest BCUT2D eigenvalue weighted by Crippen LogP contribution is 2.48. The van der Waals surface area contributed by atoms with Crippen molar-refractivity contribution in [1.29, 1.82) is 0 Å². The SMILES string of the molecule is CC1(C)COc2c(S(=O)(=O)NC(=O)Nc3c4c(cc5c3CCC5)CCC4)cnn2C1.CN[C@H]1COc2c(S(=O)(=O)NC(=O)Nc3c4c(c(C)c5c3CCC5)CCC4)cnn2C1.COC1COc2c(S(=O)(=O)NC(=O)Nc3c4c(cc5c3CCC5)CCC4)cnn2C1.CO[C@H]1COc2c(S(=O)(=O)NC(=O)Nc3c4c(c(C)c5c3CCC5)CCC4)cnn2C1.O=C(Nc1c2c(cc3c1CCC3)CCC2)NS(=O)(=O)c1cnn2c1OCCC2. The summed E-state index contributed by atoms with van der Waals surface area (Å²) in [5.41, 5.74) is 31.0. The van der Waals surface area contributed by atoms with Crippen molar-refractivity contribution < 1.29 is 99.2 Å². The molecule has 10 aromatic rings. The summed E-state index contributed by atoms with van der Waals surface area (Å²) in [6.07, 6.45) is 36.1. The van der Waals surface area contributed by atoms with E-state index in [1.807, 2.05) is 20.9 Å². The Labute approximate surface area is 869 Å². The van der Waals surface area contributed by atoms with Gasteiger partial charge in [0.15, 0.2) is 24.5 Å². The Morgan fingerprint density at radius 3 is 0.880 bits per heavy atom. The largest absolute Gasteiger partial charge is 0.477 e. The first-order chi connectivity index (χ1) is 72.0. The third kappa shape index (κ3) is 20.3. The third-order valence-electron chi connectivity index (χ3n) is 31.3. The highest BCUT2D eigenvalue weighted by Gasteiger charge is 2.42. The number of urea groups is 5. The zero-order valence-electron chi connectivity index (χ0n) is 84.8. The molecule has 10 aliphatic carbocycles. The molecule has 5 aromatic carbocycles. The maximum Gasteiger partial charge on any atom is 0.333 e. The minimum absolute atomic E-state index is 0.0462. The number of sulfonamides is 5. The molecule has 10 amide bonds. The van der Waals surface area contributed by atoms with Gasteiger partial charge in [0.25, 0.3) is 50.1 Å². The van der Waals surface area contributed by atoms with Crippen LogP contribution in [0.1, 0.15) is 207 Å². The molecule has 15 aliphatic rings. The summed E-state index contributed by atoms with van der Waals surface area (Å²) in [6.45, 7) is 12.4. The van der Waals surface area contributed by atoms with Gasteiger partial charge in [-0.1, -0.05) is 32.0 Å². The van der Waals surface area contributed by atoms with Crippen LogP contribution in [0.4, 0.5) is 52.4 Å². The summed E-state index contributed by atoms with van der Waals surface area (Å²) < 4.78 is 185. The number of anilines is 5. The Balaban J connectivity index is 0.000000110. The van der Waals surface area contributed by atoms with E-state index in [0.717, 1.165) is 283 Å². The van der Waals surface area contributed by atoms with Gasteiger partial charge in [-0.25, -0.2) is 113 Å². The molecule has 0 fully saturated rings. The summed E-state index contributed by atoms with van der Waals surface area (Å²) in [4.78, 5) is 63.0. The third-order valence-corrected chi connectivity index (χ3v) is 37.8. The molecular weight excluding hydrogens is 2030 g/mol. The summed E-state index contributed by atoms with van der Waals surface area (Å²) in [5, 5.41) is 37.8. The fourth-order valence-electron chi connectivity index (χ4n) is 24.2. The number of likely N-dealkylation sites (N-methyl/N-ethyl adjacent to an activating group) is 1. The number of fused-ring (bicyclic) bond motifs is 15. The number of hydrogen-bond acceptors (Lipinski definition) is 28. The van der Waals surface area contributed by atoms with Crippen molar-refractivity contribution in [2.75, 3.05) is 80.9 Å². The lowest BCUT2D eigenvalue weighted by molar-refractivity contribution is 0.0165. The van der Waals surface area contributed by atoms with Gasteiger partial charge in [0.1, 0.15) is 32.0 Å². The van der Waals surface area contributed by atoms with Crippen LogP contribution in [0.5, 0.6) is 29.4 Å². The maximum absolute atomic E-state index is 12.9. The van der Waals surface area contributed by atoms with Gasteiger partial charge in [-0.2, -0.15) is 25.5 Å². The lowest BCUT2D eigenvalue weighted by atomic mass is 9.93. The summed E-state index contributed by atoms with van der Waals surface area (Å²) in [7, 11) is -15.7. The van der Waals surface area contributed by atoms with E-state index in [9.17, 15) is 66.1 Å². The minimum atomic E-state index is -4.15. The number of nitrogens with one attached hydrogen (secondary N) is 11. The van der Waals surface area contributed by atoms with Crippen molar-refractivity contribution in [1.82, 2.24) is 77.8 Å². The van der Waals surface area contributed by atoms with Gasteiger partial charge in [-0.15, -0.1) is 0 Å². The fraction of sp³-hybridized carbons (Fsp3) is 0.510. The minimum Gasteiger partial charge on any atom is -0.477 e. The Morgan fingerprint density at radius 1 is 0.320 bits per heavy atom. The molecule has 0 radical (unpaired) electrons. The summed E-state index contributed by atoms with van der Waals surface area (Å²) in [6, 6.07) is 3.05. The number of aryl methyl sites for hydroxylation is 7. The van der Waals surface area contributed by atoms with Crippen molar-refractivity contribution in [2.24, 2.45) is 5.41 Å². The number of benzene rings is 5. The first-order valence-corrected chi connectivity index (χ1v) is 59.1. The quantitative estimate of drug-likeness (QED) is 0.0380. The van der Waals surface area contributed by atoms with Crippen LogP contribution in [0.2, 0.25) is 0 Å². The molecule has 11 N–H and O–H groups in total. The monoisotopic (exact) mass is 2160 g/mol. The average molecular weight is 2160 g/mol. The van der Waals surface area contributed by atoms with Crippen LogP contribution in [0.25, 0.3) is 0 Å². The second kappa shape index (κ2) is 41.4. The number of amides is 10. The number of nitrogens with zero attached hydrogens (tertiary/aromatic N) is 10. The smallest absolute Gasteiger partial charge is 0.333 e. The van der Waals surface area contributed by atoms with Crippen molar-refractivity contribution >= 4 is 109 Å². The molecule has 0 spiro atoms. The van der Waals surface area contributed by atoms with Crippen LogP contribution in [0, 0.1) is 19.3 Å². The molecule has 3 atom stereocenters. The van der Waals surface area contributed by atoms with E-state index >= 15 is 0 Å². The summed E-state index contributed by atoms with van der Waals surface area (Å²) in [5.74, 6) is 0.754. The van der Waals surface area contributed by atoms with Crippen LogP contribution in [0.3, 0.4) is 0 Å². The number of hydrogen-bond donors (Lipinski definition) is 11. The highest BCUT2D eigenvalue weighted by atomic mass is 32.2. The summed E-state index contributed by atoms with van der Waals surface area (Å²) >= 11 is 0. The first kappa shape index (κ1) is 103. The molecule has 0 saturated carbocycles. The van der Waals surface area contributed by atoms with Crippen LogP contribution < -0.4 is 79.2 Å². The number of methoxy groups -OCH3 is 2. The maximum atomic E-state index is 12.9. The Hall–Kier alpha value is -12.9. The van der Waals surface area contributed by atoms with E-state index in [1.54, 1.807) is 14.2 Å². The molecule has 5 aromatic heterocycles. The number of carbonyl (C=O) groups is 5. The van der Waals surface area contributed by atoms with Crippen molar-refractivity contribution in [3.05, 3.63) is 172 Å². The van der Waals surface area contributed by atoms with Crippen LogP contribution in [0.15, 0.2) is 73.7 Å². The zero-order valence-corrected chi connectivity index (χ0v) is 88.9. The average Bonchev–Trinajstić information content (AvgIpc) is 1.59. The standard InChI is InChI=1S/C21H27N5O4S.C21H26N4O5S.C21H26N4O4S.C20H24N4O5S.C19H22N4O4S/c1-12-14-5-3-7-16(14)19(17-8-4-6-15(12)17)24-21(27)25-31(28,29)18-9-23-26-10-13(22-2)11-30-20(18)26;1-12-14-5-3-7-16(14)19(17-8-4-6-15(12)17)23-21(26)24-31(27,28)18-9-22-25-10-13(29-2)11-30-20(18)25;1-21(2)11-25-19(29-12-21)17(10-22-25)30(27,28)24-20(26)23-18-15-7-3-5-13(15)9-14-6-4-8-16(14)18;1-28-14-10-24-19(29-11-14)17(9-21-24)30(26,27)23-20(25)22-18-15-6-2-4-12(15)8-13-5-3-7-16(13)18;24-19(22-28(25,26)16-11-20-23-8-3-9-27-18(16)23)21-17-14-6-1-4-12(14)10-13-5-2-7-15(13)17/h9,13,22H,3-8,10-11H2,1-2H3,(H2,24,25,27);9,13H,3-8,10-11H2,1-2H3,(H2,23,24,26);9-10H,3-8,11-12H2,1-2H3,(H2,23,24,26);8-9,14H,2-7,10-11H2,1H3,(H2,22,23,25);10-11H,1-9H2,(H2,21,22,24)/t2*13-;;;/m11.../s1. The molecule has 800 valence electrons. The molecule has 0 saturated heterocycles. The second-order valence-electron chi connectivity index (χ2n) is 41.5. The van der Waals surface area contributed by atoms with E-state index in [4.69, 9.17) is 33.2 Å². The number of ether oxygens (including phenoxy) is 7. The number of aromatic nitrogens is 10. The molecule has 43 nitrogen and oxygen atoms in total. The lowest BCUT2D eigenvalue weighted by Crippen LogP contribution is -2.40. The van der Waals surface area contributed by atoms with Gasteiger partial charge in [-0.3, -0.25) is 0 Å². The normalized spacial score (nSPS) is 18.9. The molecule has 25 rings (SSSR count). The lowest BCUT2D eigenvalue weighted by Gasteiger charge is -2.30. The van der Waals surface area contributed by atoms with E-state index in [2.05, 4.69) is 113 Å². The second-order valence-corrected chi connectivity index (χ2v) is 49.8. The van der Waals surface area contributed by atoms with Gasteiger partial charge in [0, 0.05) is 61.0 Å².